The first-order valence-corrected chi connectivity index (χ1v) is 6.99. The van der Waals surface area contributed by atoms with E-state index in [9.17, 15) is 5.11 Å². The van der Waals surface area contributed by atoms with Crippen molar-refractivity contribution in [1.82, 2.24) is 10.2 Å². The van der Waals surface area contributed by atoms with Crippen molar-refractivity contribution in [3.8, 4) is 0 Å². The Morgan fingerprint density at radius 2 is 2.06 bits per heavy atom. The Hall–Kier alpha value is -0.900. The zero-order valence-electron chi connectivity index (χ0n) is 11.0. The number of nitrogens with zero attached hydrogens (tertiary/aromatic N) is 1. The predicted molar refractivity (Wildman–Crippen MR) is 72.3 cm³/mol. The molecule has 0 saturated carbocycles. The molecular formula is C15H22N2O. The second-order valence-corrected chi connectivity index (χ2v) is 5.55. The van der Waals surface area contributed by atoms with Crippen molar-refractivity contribution in [3.05, 3.63) is 35.4 Å². The lowest BCUT2D eigenvalue weighted by Gasteiger charge is -2.41. The minimum atomic E-state index is -0.571. The van der Waals surface area contributed by atoms with Gasteiger partial charge in [-0.15, -0.1) is 0 Å². The smallest absolute Gasteiger partial charge is 0.0866 e. The van der Waals surface area contributed by atoms with Gasteiger partial charge in [-0.25, -0.2) is 0 Å². The molecule has 0 aliphatic carbocycles. The van der Waals surface area contributed by atoms with Crippen LogP contribution < -0.4 is 5.32 Å². The van der Waals surface area contributed by atoms with E-state index >= 15 is 0 Å². The summed E-state index contributed by atoms with van der Waals surface area (Å²) in [6.45, 7) is 6.18. The zero-order chi connectivity index (χ0) is 12.6. The molecule has 1 aromatic rings. The fourth-order valence-corrected chi connectivity index (χ4v) is 3.32. The molecule has 3 heteroatoms. The summed E-state index contributed by atoms with van der Waals surface area (Å²) in [5.41, 5.74) is 2.07. The lowest BCUT2D eigenvalue weighted by molar-refractivity contribution is -0.0480. The molecule has 0 amide bonds. The number of benzene rings is 1. The summed E-state index contributed by atoms with van der Waals surface area (Å²) in [6.07, 6.45) is 1.74. The molecule has 98 valence electrons. The number of aliphatic hydroxyl groups is 1. The summed E-state index contributed by atoms with van der Waals surface area (Å²) in [4.78, 5) is 2.41. The fourth-order valence-electron chi connectivity index (χ4n) is 3.32. The number of piperidine rings is 1. The van der Waals surface area contributed by atoms with E-state index in [0.29, 0.717) is 0 Å². The van der Waals surface area contributed by atoms with Crippen molar-refractivity contribution in [1.29, 1.82) is 0 Å². The number of hydrogen-bond acceptors (Lipinski definition) is 3. The van der Waals surface area contributed by atoms with Gasteiger partial charge in [0.15, 0.2) is 0 Å². The van der Waals surface area contributed by atoms with Gasteiger partial charge in [-0.1, -0.05) is 31.2 Å². The van der Waals surface area contributed by atoms with E-state index in [0.717, 1.165) is 39.0 Å². The lowest BCUT2D eigenvalue weighted by atomic mass is 9.81. The van der Waals surface area contributed by atoms with Crippen LogP contribution in [0.1, 0.15) is 36.9 Å². The van der Waals surface area contributed by atoms with E-state index < -0.39 is 5.60 Å². The minimum absolute atomic E-state index is 0.118. The molecule has 0 aromatic heterocycles. The normalized spacial score (nSPS) is 27.1. The van der Waals surface area contributed by atoms with Gasteiger partial charge in [0.2, 0.25) is 0 Å². The van der Waals surface area contributed by atoms with Crippen LogP contribution in [0.2, 0.25) is 0 Å². The van der Waals surface area contributed by atoms with Crippen LogP contribution in [0, 0.1) is 0 Å². The molecule has 1 unspecified atom stereocenters. The maximum Gasteiger partial charge on any atom is 0.0866 e. The van der Waals surface area contributed by atoms with Crippen molar-refractivity contribution in [2.75, 3.05) is 19.6 Å². The Morgan fingerprint density at radius 3 is 2.78 bits per heavy atom. The van der Waals surface area contributed by atoms with Crippen molar-refractivity contribution in [3.63, 3.8) is 0 Å². The van der Waals surface area contributed by atoms with Crippen LogP contribution in [-0.4, -0.2) is 35.2 Å². The highest BCUT2D eigenvalue weighted by Gasteiger charge is 2.42. The fraction of sp³-hybridized carbons (Fsp3) is 0.600. The Bertz CT molecular complexity index is 424. The Balaban J connectivity index is 1.80. The average molecular weight is 246 g/mol. The molecule has 0 bridgehead atoms. The molecule has 0 radical (unpaired) electrons. The number of likely N-dealkylation sites (tertiary alicyclic amines) is 1. The van der Waals surface area contributed by atoms with Crippen LogP contribution in [0.3, 0.4) is 0 Å². The maximum atomic E-state index is 10.9. The van der Waals surface area contributed by atoms with E-state index in [4.69, 9.17) is 0 Å². The third kappa shape index (κ3) is 1.96. The number of nitrogens with one attached hydrogen (secondary N) is 1. The summed E-state index contributed by atoms with van der Waals surface area (Å²) < 4.78 is 0. The average Bonchev–Trinajstić information content (AvgIpc) is 2.84. The van der Waals surface area contributed by atoms with E-state index in [1.54, 1.807) is 0 Å². The summed E-state index contributed by atoms with van der Waals surface area (Å²) >= 11 is 0. The molecule has 2 aliphatic heterocycles. The van der Waals surface area contributed by atoms with Crippen LogP contribution in [0.5, 0.6) is 0 Å². The lowest BCUT2D eigenvalue weighted by Crippen LogP contribution is -2.50. The van der Waals surface area contributed by atoms with Gasteiger partial charge >= 0.3 is 0 Å². The summed E-state index contributed by atoms with van der Waals surface area (Å²) in [7, 11) is 0. The molecule has 1 atom stereocenters. The van der Waals surface area contributed by atoms with E-state index in [-0.39, 0.29) is 6.04 Å². The van der Waals surface area contributed by atoms with Gasteiger partial charge in [0.25, 0.3) is 0 Å². The molecule has 18 heavy (non-hydrogen) atoms. The quantitative estimate of drug-likeness (QED) is 0.833. The van der Waals surface area contributed by atoms with Crippen LogP contribution in [0.15, 0.2) is 24.3 Å². The largest absolute Gasteiger partial charge is 0.388 e. The van der Waals surface area contributed by atoms with Crippen LogP contribution in [0.4, 0.5) is 0 Å². The highest BCUT2D eigenvalue weighted by molar-refractivity contribution is 5.36. The van der Waals surface area contributed by atoms with Gasteiger partial charge < -0.3 is 15.3 Å². The van der Waals surface area contributed by atoms with Crippen molar-refractivity contribution in [2.45, 2.75) is 38.0 Å². The molecule has 1 aromatic carbocycles. The van der Waals surface area contributed by atoms with Gasteiger partial charge in [0.1, 0.15) is 0 Å². The van der Waals surface area contributed by atoms with Crippen molar-refractivity contribution in [2.24, 2.45) is 0 Å². The van der Waals surface area contributed by atoms with Crippen LogP contribution >= 0.6 is 0 Å². The molecule has 0 spiro atoms. The summed E-state index contributed by atoms with van der Waals surface area (Å²) in [6, 6.07) is 8.58. The van der Waals surface area contributed by atoms with E-state index in [2.05, 4.69) is 41.4 Å². The standard InChI is InChI=1S/C15H22N2O/c1-2-17-9-7-15(18,8-10-17)14-13-6-4-3-5-12(13)11-16-14/h3-6,14,16,18H,2,7-11H2,1H3. The number of rotatable bonds is 2. The molecular weight excluding hydrogens is 224 g/mol. The van der Waals surface area contributed by atoms with Gasteiger partial charge in [-0.05, 0) is 30.5 Å². The Morgan fingerprint density at radius 1 is 1.33 bits per heavy atom. The summed E-state index contributed by atoms with van der Waals surface area (Å²) in [5, 5.41) is 14.4. The SMILES string of the molecule is CCN1CCC(O)(C2NCc3ccccc32)CC1. The predicted octanol–water partition coefficient (Wildman–Crippen LogP) is 1.68. The first kappa shape index (κ1) is 12.2. The molecule has 3 rings (SSSR count). The van der Waals surface area contributed by atoms with Gasteiger partial charge in [0, 0.05) is 19.6 Å². The molecule has 3 nitrogen and oxygen atoms in total. The van der Waals surface area contributed by atoms with Gasteiger partial charge in [-0.2, -0.15) is 0 Å². The third-order valence-corrected chi connectivity index (χ3v) is 4.57. The molecule has 1 fully saturated rings. The number of fused-ring (bicyclic) bond motifs is 1. The van der Waals surface area contributed by atoms with Gasteiger partial charge in [-0.3, -0.25) is 0 Å². The first-order chi connectivity index (χ1) is 8.73. The van der Waals surface area contributed by atoms with Crippen molar-refractivity contribution >= 4 is 0 Å². The zero-order valence-corrected chi connectivity index (χ0v) is 11.0. The maximum absolute atomic E-state index is 10.9. The molecule has 1 saturated heterocycles. The van der Waals surface area contributed by atoms with E-state index in [1.807, 2.05) is 0 Å². The monoisotopic (exact) mass is 246 g/mol. The first-order valence-electron chi connectivity index (χ1n) is 6.99. The number of hydrogen-bond donors (Lipinski definition) is 2. The molecule has 2 aliphatic rings. The highest BCUT2D eigenvalue weighted by Crippen LogP contribution is 2.39. The van der Waals surface area contributed by atoms with Gasteiger partial charge in [0.05, 0.1) is 11.6 Å². The van der Waals surface area contributed by atoms with Crippen molar-refractivity contribution < 1.29 is 5.11 Å². The second-order valence-electron chi connectivity index (χ2n) is 5.55. The molecule has 2 heterocycles. The van der Waals surface area contributed by atoms with Crippen LogP contribution in [0.25, 0.3) is 0 Å². The minimum Gasteiger partial charge on any atom is -0.388 e. The topological polar surface area (TPSA) is 35.5 Å². The Kier molecular flexibility index (Phi) is 3.14. The Labute approximate surface area is 109 Å². The summed E-state index contributed by atoms with van der Waals surface area (Å²) in [5.74, 6) is 0. The van der Waals surface area contributed by atoms with Crippen LogP contribution in [-0.2, 0) is 6.54 Å². The van der Waals surface area contributed by atoms with E-state index in [1.165, 1.54) is 11.1 Å². The third-order valence-electron chi connectivity index (χ3n) is 4.57. The highest BCUT2D eigenvalue weighted by atomic mass is 16.3. The second kappa shape index (κ2) is 4.65. The molecule has 2 N–H and O–H groups in total.